The zero-order chi connectivity index (χ0) is 33.9. The zero-order valence-electron chi connectivity index (χ0n) is 28.0. The fourth-order valence-electron chi connectivity index (χ4n) is 8.86. The highest BCUT2D eigenvalue weighted by molar-refractivity contribution is 6.24. The van der Waals surface area contributed by atoms with Crippen LogP contribution in [0, 0.1) is 0 Å². The third-order valence-electron chi connectivity index (χ3n) is 11.1. The third-order valence-corrected chi connectivity index (χ3v) is 11.1. The summed E-state index contributed by atoms with van der Waals surface area (Å²) in [6.07, 6.45) is 0. The highest BCUT2D eigenvalue weighted by atomic mass is 15.2. The van der Waals surface area contributed by atoms with Gasteiger partial charge in [-0.05, 0) is 58.3 Å². The van der Waals surface area contributed by atoms with E-state index in [4.69, 9.17) is 9.97 Å². The number of hydrogen-bond donors (Lipinski definition) is 0. The molecule has 3 aromatic heterocycles. The Kier molecular flexibility index (Phi) is 5.47. The van der Waals surface area contributed by atoms with Gasteiger partial charge in [-0.25, -0.2) is 9.97 Å². The van der Waals surface area contributed by atoms with Crippen molar-refractivity contribution >= 4 is 65.3 Å². The summed E-state index contributed by atoms with van der Waals surface area (Å²) in [6.45, 7) is 0. The Morgan fingerprint density at radius 1 is 0.385 bits per heavy atom. The first kappa shape index (κ1) is 27.7. The standard InChI is InChI=1S/C48H28N4/c1-2-14-30(15-3-1)46-36-19-6-9-22-40(36)49-48(50-46)52-43-26-25-29-13-4-5-16-31(29)45(43)39-27-37-35-21-12-20-34-32-17-7-10-23-41(32)51(47(34)35)42-24-11-8-18-33(42)38(37)28-44(39)52/h1-28H. The number of para-hydroxylation sites is 4. The van der Waals surface area contributed by atoms with E-state index in [1.807, 2.05) is 0 Å². The van der Waals surface area contributed by atoms with E-state index in [1.165, 1.54) is 71.3 Å². The van der Waals surface area contributed by atoms with Crippen LogP contribution in [0.3, 0.4) is 0 Å². The molecule has 0 saturated heterocycles. The van der Waals surface area contributed by atoms with Crippen molar-refractivity contribution in [2.45, 2.75) is 0 Å². The third kappa shape index (κ3) is 3.65. The van der Waals surface area contributed by atoms with Gasteiger partial charge in [0, 0.05) is 43.6 Å². The molecule has 11 aromatic rings. The molecule has 12 rings (SSSR count). The number of aromatic nitrogens is 4. The van der Waals surface area contributed by atoms with Crippen molar-refractivity contribution < 1.29 is 0 Å². The minimum atomic E-state index is 0.661. The van der Waals surface area contributed by atoms with Crippen LogP contribution in [-0.2, 0) is 0 Å². The molecule has 0 bridgehead atoms. The molecule has 0 saturated carbocycles. The van der Waals surface area contributed by atoms with Gasteiger partial charge in [0.2, 0.25) is 5.95 Å². The Bertz CT molecular complexity index is 3290. The van der Waals surface area contributed by atoms with E-state index in [0.29, 0.717) is 5.95 Å². The molecule has 0 aliphatic carbocycles. The minimum Gasteiger partial charge on any atom is -0.308 e. The molecule has 4 nitrogen and oxygen atoms in total. The van der Waals surface area contributed by atoms with Gasteiger partial charge in [0.1, 0.15) is 0 Å². The van der Waals surface area contributed by atoms with Crippen LogP contribution in [0.1, 0.15) is 0 Å². The van der Waals surface area contributed by atoms with Crippen molar-refractivity contribution in [3.63, 3.8) is 0 Å². The Morgan fingerprint density at radius 3 is 2.02 bits per heavy atom. The van der Waals surface area contributed by atoms with Gasteiger partial charge in [0.05, 0.1) is 39.0 Å². The van der Waals surface area contributed by atoms with Gasteiger partial charge in [-0.2, -0.15) is 0 Å². The van der Waals surface area contributed by atoms with Gasteiger partial charge in [0.25, 0.3) is 0 Å². The molecule has 1 aliphatic heterocycles. The molecule has 4 heterocycles. The maximum Gasteiger partial charge on any atom is 0.235 e. The first-order chi connectivity index (χ1) is 25.8. The molecule has 0 spiro atoms. The van der Waals surface area contributed by atoms with Gasteiger partial charge < -0.3 is 4.57 Å². The molecule has 240 valence electrons. The predicted octanol–water partition coefficient (Wildman–Crippen LogP) is 12.3. The molecule has 1 aliphatic rings. The number of hydrogen-bond acceptors (Lipinski definition) is 2. The van der Waals surface area contributed by atoms with Crippen LogP contribution in [0.5, 0.6) is 0 Å². The van der Waals surface area contributed by atoms with Gasteiger partial charge in [-0.3, -0.25) is 4.57 Å². The van der Waals surface area contributed by atoms with E-state index in [9.17, 15) is 0 Å². The molecule has 0 atom stereocenters. The Hall–Kier alpha value is -7.04. The van der Waals surface area contributed by atoms with E-state index in [1.54, 1.807) is 0 Å². The summed E-state index contributed by atoms with van der Waals surface area (Å²) in [5.74, 6) is 0.661. The summed E-state index contributed by atoms with van der Waals surface area (Å²) >= 11 is 0. The van der Waals surface area contributed by atoms with E-state index in [0.717, 1.165) is 33.2 Å². The monoisotopic (exact) mass is 660 g/mol. The summed E-state index contributed by atoms with van der Waals surface area (Å²) in [5, 5.41) is 8.39. The zero-order valence-corrected chi connectivity index (χ0v) is 28.0. The predicted molar refractivity (Wildman–Crippen MR) is 216 cm³/mol. The van der Waals surface area contributed by atoms with Crippen molar-refractivity contribution in [3.05, 3.63) is 170 Å². The van der Waals surface area contributed by atoms with E-state index in [2.05, 4.69) is 179 Å². The Labute approximate surface area is 298 Å². The molecule has 4 heteroatoms. The normalized spacial score (nSPS) is 12.2. The molecule has 0 radical (unpaired) electrons. The topological polar surface area (TPSA) is 35.6 Å². The van der Waals surface area contributed by atoms with Crippen LogP contribution in [0.15, 0.2) is 170 Å². The van der Waals surface area contributed by atoms with E-state index < -0.39 is 0 Å². The Balaban J connectivity index is 1.27. The fraction of sp³-hybridized carbons (Fsp3) is 0. The highest BCUT2D eigenvalue weighted by Gasteiger charge is 2.27. The molecule has 0 N–H and O–H groups in total. The van der Waals surface area contributed by atoms with Crippen LogP contribution in [0.25, 0.3) is 110 Å². The molecule has 8 aromatic carbocycles. The van der Waals surface area contributed by atoms with Gasteiger partial charge in [0.15, 0.2) is 0 Å². The lowest BCUT2D eigenvalue weighted by Gasteiger charge is -2.14. The summed E-state index contributed by atoms with van der Waals surface area (Å²) in [4.78, 5) is 10.7. The number of benzene rings is 8. The van der Waals surface area contributed by atoms with Crippen molar-refractivity contribution in [2.75, 3.05) is 0 Å². The second-order valence-corrected chi connectivity index (χ2v) is 13.8. The molecule has 52 heavy (non-hydrogen) atoms. The summed E-state index contributed by atoms with van der Waals surface area (Å²) < 4.78 is 4.76. The van der Waals surface area contributed by atoms with E-state index >= 15 is 0 Å². The number of nitrogens with zero attached hydrogens (tertiary/aromatic N) is 4. The van der Waals surface area contributed by atoms with Crippen molar-refractivity contribution in [1.82, 2.24) is 19.1 Å². The van der Waals surface area contributed by atoms with Crippen molar-refractivity contribution in [1.29, 1.82) is 0 Å². The minimum absolute atomic E-state index is 0.661. The Morgan fingerprint density at radius 2 is 1.10 bits per heavy atom. The quantitative estimate of drug-likeness (QED) is 0.185. The molecular weight excluding hydrogens is 633 g/mol. The van der Waals surface area contributed by atoms with E-state index in [-0.39, 0.29) is 0 Å². The molecule has 0 unspecified atom stereocenters. The first-order valence-corrected chi connectivity index (χ1v) is 17.8. The summed E-state index contributed by atoms with van der Waals surface area (Å²) in [6, 6.07) is 61.2. The fourth-order valence-corrected chi connectivity index (χ4v) is 8.86. The van der Waals surface area contributed by atoms with Crippen LogP contribution in [0.2, 0.25) is 0 Å². The molecule has 0 fully saturated rings. The largest absolute Gasteiger partial charge is 0.308 e. The average Bonchev–Trinajstić information content (AvgIpc) is 3.69. The van der Waals surface area contributed by atoms with Crippen LogP contribution in [-0.4, -0.2) is 19.1 Å². The maximum atomic E-state index is 5.41. The smallest absolute Gasteiger partial charge is 0.235 e. The van der Waals surface area contributed by atoms with Crippen molar-refractivity contribution in [2.24, 2.45) is 0 Å². The lowest BCUT2D eigenvalue weighted by molar-refractivity contribution is 1.01. The van der Waals surface area contributed by atoms with Crippen LogP contribution < -0.4 is 0 Å². The molecule has 0 amide bonds. The van der Waals surface area contributed by atoms with Gasteiger partial charge in [-0.1, -0.05) is 133 Å². The average molecular weight is 661 g/mol. The van der Waals surface area contributed by atoms with Gasteiger partial charge >= 0.3 is 0 Å². The van der Waals surface area contributed by atoms with Crippen molar-refractivity contribution in [3.8, 4) is 45.1 Å². The maximum absolute atomic E-state index is 5.41. The second kappa shape index (κ2) is 10.3. The summed E-state index contributed by atoms with van der Waals surface area (Å²) in [5.41, 5.74) is 13.6. The summed E-state index contributed by atoms with van der Waals surface area (Å²) in [7, 11) is 0. The number of rotatable bonds is 2. The van der Waals surface area contributed by atoms with Crippen LogP contribution >= 0.6 is 0 Å². The molecular formula is C48H28N4. The highest BCUT2D eigenvalue weighted by Crippen LogP contribution is 2.49. The SMILES string of the molecule is c1ccc(-c2nc(-n3c4cc5c(cc4c4c6ccccc6ccc43)-c3cccc4c6ccccc6n(c34)-c3ccccc3-5)nc3ccccc23)cc1. The lowest BCUT2D eigenvalue weighted by atomic mass is 9.91. The first-order valence-electron chi connectivity index (χ1n) is 17.8. The lowest BCUT2D eigenvalue weighted by Crippen LogP contribution is -2.03. The van der Waals surface area contributed by atoms with Gasteiger partial charge in [-0.15, -0.1) is 0 Å². The second-order valence-electron chi connectivity index (χ2n) is 13.8. The van der Waals surface area contributed by atoms with Crippen LogP contribution in [0.4, 0.5) is 0 Å². The number of fused-ring (bicyclic) bond motifs is 14.